The molecular weight excluding hydrogens is 294 g/mol. The van der Waals surface area contributed by atoms with Crippen molar-refractivity contribution in [2.45, 2.75) is 57.3 Å². The third-order valence-corrected chi connectivity index (χ3v) is 5.73. The maximum Gasteiger partial charge on any atom is 0.312 e. The average molecular weight is 319 g/mol. The van der Waals surface area contributed by atoms with E-state index in [1.165, 1.54) is 12.8 Å². The van der Waals surface area contributed by atoms with Crippen molar-refractivity contribution in [2.75, 3.05) is 13.2 Å². The Labute approximate surface area is 137 Å². The average Bonchev–Trinajstić information content (AvgIpc) is 3.25. The van der Waals surface area contributed by atoms with Gasteiger partial charge in [-0.2, -0.15) is 0 Å². The number of hydrogen-bond acceptors (Lipinski definition) is 4. The van der Waals surface area contributed by atoms with E-state index in [9.17, 15) is 9.59 Å². The lowest BCUT2D eigenvalue weighted by Crippen LogP contribution is -2.41. The fourth-order valence-corrected chi connectivity index (χ4v) is 4.67. The summed E-state index contributed by atoms with van der Waals surface area (Å²) < 4.78 is 11.5. The zero-order chi connectivity index (χ0) is 16.2. The standard InChI is InChI=1S/C18H25NO4/c1-11(2)9-22-17(21)14-13-7-8-18(23-13)10-19(16(20)15(14)18)12-5-3-4-6-12/h7-8,11-15H,3-6,9-10H2,1-2H3/t13-,14-,15-,18+/m1/s1. The molecule has 126 valence electrons. The van der Waals surface area contributed by atoms with Gasteiger partial charge in [-0.1, -0.05) is 38.8 Å². The molecule has 2 bridgehead atoms. The van der Waals surface area contributed by atoms with Crippen molar-refractivity contribution in [3.8, 4) is 0 Å². The fourth-order valence-electron chi connectivity index (χ4n) is 4.67. The number of carbonyl (C=O) groups is 2. The number of hydrogen-bond donors (Lipinski definition) is 0. The van der Waals surface area contributed by atoms with Gasteiger partial charge >= 0.3 is 5.97 Å². The van der Waals surface area contributed by atoms with E-state index in [-0.39, 0.29) is 23.9 Å². The van der Waals surface area contributed by atoms with Crippen molar-refractivity contribution >= 4 is 11.9 Å². The zero-order valence-corrected chi connectivity index (χ0v) is 13.9. The van der Waals surface area contributed by atoms with Crippen LogP contribution in [0.25, 0.3) is 0 Å². The first-order valence-corrected chi connectivity index (χ1v) is 8.86. The Morgan fingerprint density at radius 1 is 1.43 bits per heavy atom. The lowest BCUT2D eigenvalue weighted by molar-refractivity contribution is -0.155. The Kier molecular flexibility index (Phi) is 3.52. The van der Waals surface area contributed by atoms with Gasteiger partial charge < -0.3 is 14.4 Å². The largest absolute Gasteiger partial charge is 0.465 e. The summed E-state index contributed by atoms with van der Waals surface area (Å²) in [5.74, 6) is -0.760. The van der Waals surface area contributed by atoms with Crippen molar-refractivity contribution in [2.24, 2.45) is 17.8 Å². The van der Waals surface area contributed by atoms with E-state index in [0.717, 1.165) is 12.8 Å². The zero-order valence-electron chi connectivity index (χ0n) is 13.9. The molecule has 3 aliphatic heterocycles. The van der Waals surface area contributed by atoms with Crippen LogP contribution in [0, 0.1) is 17.8 Å². The second kappa shape index (κ2) is 5.33. The third kappa shape index (κ3) is 2.24. The predicted octanol–water partition coefficient (Wildman–Crippen LogP) is 1.91. The summed E-state index contributed by atoms with van der Waals surface area (Å²) in [7, 11) is 0. The molecule has 1 aliphatic carbocycles. The number of carbonyl (C=O) groups excluding carboxylic acids is 2. The Morgan fingerprint density at radius 3 is 2.87 bits per heavy atom. The molecule has 4 aliphatic rings. The molecule has 0 radical (unpaired) electrons. The molecule has 1 spiro atoms. The van der Waals surface area contributed by atoms with E-state index >= 15 is 0 Å². The fraction of sp³-hybridized carbons (Fsp3) is 0.778. The van der Waals surface area contributed by atoms with Gasteiger partial charge in [-0.25, -0.2) is 0 Å². The van der Waals surface area contributed by atoms with Crippen LogP contribution in [0.2, 0.25) is 0 Å². The van der Waals surface area contributed by atoms with Crippen molar-refractivity contribution in [3.05, 3.63) is 12.2 Å². The second-order valence-electron chi connectivity index (χ2n) is 7.83. The highest BCUT2D eigenvalue weighted by atomic mass is 16.6. The van der Waals surface area contributed by atoms with E-state index in [4.69, 9.17) is 9.47 Å². The first-order chi connectivity index (χ1) is 11.0. The van der Waals surface area contributed by atoms with Crippen LogP contribution in [-0.2, 0) is 19.1 Å². The third-order valence-electron chi connectivity index (χ3n) is 5.73. The van der Waals surface area contributed by atoms with Crippen LogP contribution in [0.3, 0.4) is 0 Å². The molecule has 0 aromatic carbocycles. The summed E-state index contributed by atoms with van der Waals surface area (Å²) >= 11 is 0. The molecule has 2 saturated heterocycles. The highest BCUT2D eigenvalue weighted by Gasteiger charge is 2.67. The molecule has 5 heteroatoms. The minimum Gasteiger partial charge on any atom is -0.465 e. The highest BCUT2D eigenvalue weighted by molar-refractivity contribution is 5.91. The number of nitrogens with zero attached hydrogens (tertiary/aromatic N) is 1. The molecule has 0 N–H and O–H groups in total. The lowest BCUT2D eigenvalue weighted by Gasteiger charge is -2.26. The van der Waals surface area contributed by atoms with Gasteiger partial charge in [0.2, 0.25) is 5.91 Å². The van der Waals surface area contributed by atoms with Crippen LogP contribution in [0.1, 0.15) is 39.5 Å². The smallest absolute Gasteiger partial charge is 0.312 e. The quantitative estimate of drug-likeness (QED) is 0.587. The Bertz CT molecular complexity index is 551. The Hall–Kier alpha value is -1.36. The highest BCUT2D eigenvalue weighted by Crippen LogP contribution is 2.53. The van der Waals surface area contributed by atoms with Gasteiger partial charge in [0, 0.05) is 6.04 Å². The number of ether oxygens (including phenoxy) is 2. The minimum absolute atomic E-state index is 0.0928. The van der Waals surface area contributed by atoms with Gasteiger partial charge in [-0.05, 0) is 18.8 Å². The molecule has 3 heterocycles. The molecule has 1 amide bonds. The number of likely N-dealkylation sites (tertiary alicyclic amines) is 1. The van der Waals surface area contributed by atoms with Crippen LogP contribution >= 0.6 is 0 Å². The molecule has 5 nitrogen and oxygen atoms in total. The summed E-state index contributed by atoms with van der Waals surface area (Å²) in [5, 5.41) is 0. The van der Waals surface area contributed by atoms with Crippen molar-refractivity contribution < 1.29 is 19.1 Å². The van der Waals surface area contributed by atoms with E-state index in [2.05, 4.69) is 0 Å². The van der Waals surface area contributed by atoms with Gasteiger partial charge in [0.25, 0.3) is 0 Å². The summed E-state index contributed by atoms with van der Waals surface area (Å²) in [6.07, 6.45) is 8.18. The van der Waals surface area contributed by atoms with E-state index < -0.39 is 17.4 Å². The van der Waals surface area contributed by atoms with Gasteiger partial charge in [-0.15, -0.1) is 0 Å². The van der Waals surface area contributed by atoms with Crippen LogP contribution in [0.4, 0.5) is 0 Å². The summed E-state index contributed by atoms with van der Waals surface area (Å²) in [6.45, 7) is 5.01. The van der Waals surface area contributed by atoms with E-state index in [1.807, 2.05) is 30.9 Å². The minimum atomic E-state index is -0.591. The van der Waals surface area contributed by atoms with Gasteiger partial charge in [-0.3, -0.25) is 9.59 Å². The summed E-state index contributed by atoms with van der Waals surface area (Å²) in [5.41, 5.74) is -0.591. The van der Waals surface area contributed by atoms with Crippen molar-refractivity contribution in [1.82, 2.24) is 4.90 Å². The topological polar surface area (TPSA) is 55.8 Å². The summed E-state index contributed by atoms with van der Waals surface area (Å²) in [6, 6.07) is 0.325. The number of rotatable bonds is 4. The maximum absolute atomic E-state index is 13.0. The van der Waals surface area contributed by atoms with Crippen LogP contribution in [0.15, 0.2) is 12.2 Å². The van der Waals surface area contributed by atoms with Crippen LogP contribution in [0.5, 0.6) is 0 Å². The molecule has 4 rings (SSSR count). The van der Waals surface area contributed by atoms with Crippen LogP contribution in [-0.4, -0.2) is 47.7 Å². The number of fused-ring (bicyclic) bond motifs is 1. The number of esters is 1. The Morgan fingerprint density at radius 2 is 2.17 bits per heavy atom. The monoisotopic (exact) mass is 319 g/mol. The number of amides is 1. The van der Waals surface area contributed by atoms with Gasteiger partial charge in [0.1, 0.15) is 11.5 Å². The van der Waals surface area contributed by atoms with Gasteiger partial charge in [0.05, 0.1) is 25.2 Å². The molecule has 23 heavy (non-hydrogen) atoms. The lowest BCUT2D eigenvalue weighted by atomic mass is 9.77. The van der Waals surface area contributed by atoms with Crippen molar-refractivity contribution in [1.29, 1.82) is 0 Å². The van der Waals surface area contributed by atoms with E-state index in [0.29, 0.717) is 19.2 Å². The predicted molar refractivity (Wildman–Crippen MR) is 83.5 cm³/mol. The molecule has 0 aromatic heterocycles. The van der Waals surface area contributed by atoms with Gasteiger partial charge in [0.15, 0.2) is 0 Å². The molecule has 0 aromatic rings. The van der Waals surface area contributed by atoms with Crippen LogP contribution < -0.4 is 0 Å². The second-order valence-corrected chi connectivity index (χ2v) is 7.83. The van der Waals surface area contributed by atoms with Crippen molar-refractivity contribution in [3.63, 3.8) is 0 Å². The Balaban J connectivity index is 1.56. The molecule has 0 unspecified atom stereocenters. The normalized spacial score (nSPS) is 38.8. The first kappa shape index (κ1) is 15.2. The van der Waals surface area contributed by atoms with E-state index in [1.54, 1.807) is 0 Å². The molecule has 1 saturated carbocycles. The molecule has 4 atom stereocenters. The SMILES string of the molecule is CC(C)COC(=O)[C@@H]1[C@H]2C=C[C@@]3(CN(C4CCCC4)C(=O)[C@@H]13)O2. The molecule has 3 fully saturated rings. The summed E-state index contributed by atoms with van der Waals surface area (Å²) in [4.78, 5) is 27.5. The molecular formula is C18H25NO4. The first-order valence-electron chi connectivity index (χ1n) is 8.86. The maximum atomic E-state index is 13.0.